The van der Waals surface area contributed by atoms with Crippen LogP contribution in [0.1, 0.15) is 36.8 Å². The maximum Gasteiger partial charge on any atom is 0.282 e. The minimum Gasteiger partial charge on any atom is -0.233 e. The number of rotatable bonds is 5. The van der Waals surface area contributed by atoms with E-state index in [1.54, 1.807) is 20.7 Å². The van der Waals surface area contributed by atoms with Gasteiger partial charge in [-0.3, -0.25) is 0 Å². The predicted octanol–water partition coefficient (Wildman–Crippen LogP) is 5.14. The number of allylic oxidation sites excluding steroid dienone is 4. The molecule has 0 radical (unpaired) electrons. The Hall–Kier alpha value is -2.81. The number of aryl methyl sites for hydroxylation is 1. The van der Waals surface area contributed by atoms with Gasteiger partial charge in [0.05, 0.1) is 17.4 Å². The van der Waals surface area contributed by atoms with E-state index in [1.807, 2.05) is 10.9 Å². The zero-order valence-corrected chi connectivity index (χ0v) is 22.4. The van der Waals surface area contributed by atoms with E-state index < -0.39 is 10.2 Å². The van der Waals surface area contributed by atoms with Crippen molar-refractivity contribution in [3.63, 3.8) is 0 Å². The summed E-state index contributed by atoms with van der Waals surface area (Å²) < 4.78 is 46.2. The summed E-state index contributed by atoms with van der Waals surface area (Å²) in [6.07, 6.45) is 14.7. The van der Waals surface area contributed by atoms with Gasteiger partial charge < -0.3 is 0 Å². The maximum absolute atomic E-state index is 13.7. The molecule has 3 aromatic rings. The molecule has 2 aliphatic carbocycles. The van der Waals surface area contributed by atoms with Crippen LogP contribution in [0.3, 0.4) is 0 Å². The Kier molecular flexibility index (Phi) is 5.65. The Balaban J connectivity index is 1.28. The van der Waals surface area contributed by atoms with Gasteiger partial charge in [0.2, 0.25) is 0 Å². The molecule has 38 heavy (non-hydrogen) atoms. The van der Waals surface area contributed by atoms with Crippen molar-refractivity contribution >= 4 is 21.1 Å². The monoisotopic (exact) mass is 532 g/mol. The zero-order chi connectivity index (χ0) is 26.1. The number of hydrogen-bond acceptors (Lipinski definition) is 3. The van der Waals surface area contributed by atoms with Crippen molar-refractivity contribution in [3.8, 4) is 5.69 Å². The molecule has 0 spiro atoms. The average Bonchev–Trinajstić information content (AvgIpc) is 3.20. The highest BCUT2D eigenvalue weighted by Gasteiger charge is 2.72. The summed E-state index contributed by atoms with van der Waals surface area (Å²) in [5.74, 6) is 0.860. The lowest BCUT2D eigenvalue weighted by Gasteiger charge is -2.33. The summed E-state index contributed by atoms with van der Waals surface area (Å²) in [7, 11) is -3.47. The fourth-order valence-corrected chi connectivity index (χ4v) is 9.31. The van der Waals surface area contributed by atoms with Crippen LogP contribution >= 0.6 is 0 Å². The van der Waals surface area contributed by atoms with Gasteiger partial charge in [0.25, 0.3) is 10.2 Å². The summed E-state index contributed by atoms with van der Waals surface area (Å²) in [5, 5.41) is 5.64. The molecule has 4 atom stereocenters. The first kappa shape index (κ1) is 24.2. The molecule has 4 aliphatic rings. The highest BCUT2D eigenvalue weighted by molar-refractivity contribution is 7.86. The molecule has 0 bridgehead atoms. The summed E-state index contributed by atoms with van der Waals surface area (Å²) in [6.45, 7) is 4.52. The summed E-state index contributed by atoms with van der Waals surface area (Å²) in [5.41, 5.74) is 3.99. The van der Waals surface area contributed by atoms with Crippen LogP contribution < -0.4 is 0 Å². The SMILES string of the molecule is Cc1cc2c(cnn2-c2ccc(F)cc2)cc1[C@@]12CN(S(=O)(=O)N3CCCCC3)C[C@@H]1[C@H]2C1C=CC=CC1. The number of hydrogen-bond donors (Lipinski definition) is 0. The Morgan fingerprint density at radius 1 is 1.03 bits per heavy atom. The molecule has 0 amide bonds. The molecule has 2 aromatic carbocycles. The molecule has 0 N–H and O–H groups in total. The fraction of sp³-hybridized carbons (Fsp3) is 0.433. The van der Waals surface area contributed by atoms with Gasteiger partial charge in [-0.1, -0.05) is 30.7 Å². The first-order chi connectivity index (χ1) is 18.4. The molecule has 1 unspecified atom stereocenters. The third-order valence-electron chi connectivity index (χ3n) is 9.35. The fourth-order valence-electron chi connectivity index (χ4n) is 7.54. The van der Waals surface area contributed by atoms with E-state index in [9.17, 15) is 12.8 Å². The van der Waals surface area contributed by atoms with Gasteiger partial charge in [0, 0.05) is 37.0 Å². The largest absolute Gasteiger partial charge is 0.282 e. The highest BCUT2D eigenvalue weighted by atomic mass is 32.2. The maximum atomic E-state index is 13.7. The number of piperidine rings is 2. The third kappa shape index (κ3) is 3.64. The lowest BCUT2D eigenvalue weighted by atomic mass is 9.83. The lowest BCUT2D eigenvalue weighted by Crippen LogP contribution is -2.47. The molecular formula is C30H33FN4O2S. The van der Waals surface area contributed by atoms with Crippen molar-refractivity contribution in [1.82, 2.24) is 18.4 Å². The molecule has 2 saturated heterocycles. The van der Waals surface area contributed by atoms with E-state index in [1.165, 1.54) is 17.7 Å². The smallest absolute Gasteiger partial charge is 0.233 e. The van der Waals surface area contributed by atoms with Crippen LogP contribution in [0.2, 0.25) is 0 Å². The van der Waals surface area contributed by atoms with Gasteiger partial charge >= 0.3 is 0 Å². The van der Waals surface area contributed by atoms with Gasteiger partial charge in [0.15, 0.2) is 0 Å². The van der Waals surface area contributed by atoms with E-state index in [-0.39, 0.29) is 11.2 Å². The Morgan fingerprint density at radius 3 is 2.55 bits per heavy atom. The second kappa shape index (κ2) is 8.86. The van der Waals surface area contributed by atoms with Crippen LogP contribution in [0.25, 0.3) is 16.6 Å². The third-order valence-corrected chi connectivity index (χ3v) is 11.3. The van der Waals surface area contributed by atoms with E-state index in [0.717, 1.165) is 47.8 Å². The molecule has 6 nitrogen and oxygen atoms in total. The van der Waals surface area contributed by atoms with Gasteiger partial charge in [-0.15, -0.1) is 0 Å². The topological polar surface area (TPSA) is 58.4 Å². The first-order valence-electron chi connectivity index (χ1n) is 13.7. The van der Waals surface area contributed by atoms with Crippen LogP contribution in [0.4, 0.5) is 4.39 Å². The average molecular weight is 533 g/mol. The molecule has 3 heterocycles. The van der Waals surface area contributed by atoms with E-state index in [0.29, 0.717) is 43.9 Å². The molecular weight excluding hydrogens is 499 g/mol. The molecule has 1 aromatic heterocycles. The zero-order valence-electron chi connectivity index (χ0n) is 21.6. The van der Waals surface area contributed by atoms with Crippen molar-refractivity contribution < 1.29 is 12.8 Å². The minimum absolute atomic E-state index is 0.195. The summed E-state index contributed by atoms with van der Waals surface area (Å²) in [6, 6.07) is 10.8. The molecule has 2 aliphatic heterocycles. The van der Waals surface area contributed by atoms with E-state index in [4.69, 9.17) is 0 Å². The van der Waals surface area contributed by atoms with Crippen LogP contribution in [0.15, 0.2) is 66.9 Å². The van der Waals surface area contributed by atoms with Crippen molar-refractivity contribution in [2.75, 3.05) is 26.2 Å². The van der Waals surface area contributed by atoms with Gasteiger partial charge in [0.1, 0.15) is 5.82 Å². The molecule has 7 rings (SSSR count). The number of nitrogens with zero attached hydrogens (tertiary/aromatic N) is 4. The van der Waals surface area contributed by atoms with Crippen LogP contribution in [-0.2, 0) is 15.6 Å². The Morgan fingerprint density at radius 2 is 1.82 bits per heavy atom. The molecule has 8 heteroatoms. The van der Waals surface area contributed by atoms with Crippen LogP contribution in [0, 0.1) is 30.5 Å². The van der Waals surface area contributed by atoms with Crippen molar-refractivity contribution in [2.45, 2.75) is 38.0 Å². The number of halogens is 1. The quantitative estimate of drug-likeness (QED) is 0.458. The van der Waals surface area contributed by atoms with E-state index >= 15 is 0 Å². The van der Waals surface area contributed by atoms with Crippen LogP contribution in [-0.4, -0.2) is 53.0 Å². The number of benzene rings is 2. The normalized spacial score (nSPS) is 29.7. The summed E-state index contributed by atoms with van der Waals surface area (Å²) in [4.78, 5) is 0. The molecule has 1 saturated carbocycles. The predicted molar refractivity (Wildman–Crippen MR) is 147 cm³/mol. The van der Waals surface area contributed by atoms with Crippen molar-refractivity contribution in [2.24, 2.45) is 17.8 Å². The molecule has 3 fully saturated rings. The Labute approximate surface area is 223 Å². The standard InChI is InChI=1S/C30H33FN4O2S/c1-21-16-28-23(18-32-35(28)25-12-10-24(31)11-13-25)17-26(21)30-20-34(38(36,37)33-14-6-3-7-15-33)19-27(30)29(30)22-8-4-2-5-9-22/h2,4-5,8,10-13,16-18,22,27,29H,3,6-7,9,14-15,19-20H2,1H3/t22?,27-,29-,30+/m1/s1. The molecule has 198 valence electrons. The Bertz CT molecular complexity index is 1550. The first-order valence-corrected chi connectivity index (χ1v) is 15.1. The second-order valence-electron chi connectivity index (χ2n) is 11.4. The highest BCUT2D eigenvalue weighted by Crippen LogP contribution is 2.69. The van der Waals surface area contributed by atoms with Gasteiger partial charge in [-0.05, 0) is 91.5 Å². The van der Waals surface area contributed by atoms with Gasteiger partial charge in [-0.25, -0.2) is 9.07 Å². The van der Waals surface area contributed by atoms with Crippen molar-refractivity contribution in [1.29, 1.82) is 0 Å². The number of fused-ring (bicyclic) bond motifs is 2. The summed E-state index contributed by atoms with van der Waals surface area (Å²) >= 11 is 0. The number of aromatic nitrogens is 2. The van der Waals surface area contributed by atoms with Crippen LogP contribution in [0.5, 0.6) is 0 Å². The van der Waals surface area contributed by atoms with Gasteiger partial charge in [-0.2, -0.15) is 22.1 Å². The van der Waals surface area contributed by atoms with E-state index in [2.05, 4.69) is 48.5 Å². The minimum atomic E-state index is -3.47. The lowest BCUT2D eigenvalue weighted by molar-refractivity contribution is 0.294. The second-order valence-corrected chi connectivity index (χ2v) is 13.3. The van der Waals surface area contributed by atoms with Crippen molar-refractivity contribution in [3.05, 3.63) is 83.8 Å².